The molecule has 1 aromatic rings. The molecule has 0 radical (unpaired) electrons. The Labute approximate surface area is 78.3 Å². The molecule has 0 unspecified atom stereocenters. The van der Waals surface area contributed by atoms with Gasteiger partial charge in [-0.1, -0.05) is 42.5 Å². The van der Waals surface area contributed by atoms with E-state index in [1.165, 1.54) is 11.1 Å². The summed E-state index contributed by atoms with van der Waals surface area (Å²) in [7, 11) is 0. The van der Waals surface area contributed by atoms with E-state index in [1.807, 2.05) is 24.5 Å². The fraction of sp³-hybridized carbons (Fsp3) is 0.167. The molecule has 0 bridgehead atoms. The van der Waals surface area contributed by atoms with E-state index in [1.54, 1.807) is 0 Å². The second-order valence-corrected chi connectivity index (χ2v) is 3.06. The largest absolute Gasteiger partial charge is 0.501 e. The van der Waals surface area contributed by atoms with Crippen LogP contribution in [0.25, 0.3) is 6.08 Å². The van der Waals surface area contributed by atoms with Crippen LogP contribution in [0.1, 0.15) is 12.0 Å². The summed E-state index contributed by atoms with van der Waals surface area (Å²) >= 11 is 0. The fourth-order valence-electron chi connectivity index (χ4n) is 1.29. The van der Waals surface area contributed by atoms with Gasteiger partial charge in [0.1, 0.15) is 0 Å². The van der Waals surface area contributed by atoms with Crippen molar-refractivity contribution in [2.24, 2.45) is 0 Å². The van der Waals surface area contributed by atoms with Gasteiger partial charge < -0.3 is 4.74 Å². The molecule has 1 aromatic carbocycles. The molecule has 66 valence electrons. The van der Waals surface area contributed by atoms with E-state index in [-0.39, 0.29) is 0 Å². The number of rotatable bonds is 2. The second-order valence-electron chi connectivity index (χ2n) is 3.06. The summed E-state index contributed by atoms with van der Waals surface area (Å²) in [5.74, 6) is 0. The van der Waals surface area contributed by atoms with Gasteiger partial charge in [-0.25, -0.2) is 0 Å². The lowest BCUT2D eigenvalue weighted by atomic mass is 10.1. The normalized spacial score (nSPS) is 15.8. The Bertz CT molecular complexity index is 322. The van der Waals surface area contributed by atoms with Crippen LogP contribution < -0.4 is 0 Å². The molecule has 2 rings (SSSR count). The van der Waals surface area contributed by atoms with Crippen LogP contribution in [0.5, 0.6) is 0 Å². The Balaban J connectivity index is 2.05. The quantitative estimate of drug-likeness (QED) is 0.666. The summed E-state index contributed by atoms with van der Waals surface area (Å²) < 4.78 is 5.13. The van der Waals surface area contributed by atoms with Gasteiger partial charge in [-0.2, -0.15) is 0 Å². The number of ether oxygens (including phenoxy) is 1. The minimum absolute atomic E-state index is 0.828. The predicted octanol–water partition coefficient (Wildman–Crippen LogP) is 3.00. The molecule has 0 atom stereocenters. The van der Waals surface area contributed by atoms with Crippen LogP contribution in [0.2, 0.25) is 0 Å². The van der Waals surface area contributed by atoms with Gasteiger partial charge in [0.2, 0.25) is 0 Å². The number of benzene rings is 1. The van der Waals surface area contributed by atoms with Crippen molar-refractivity contribution < 1.29 is 4.74 Å². The SMILES string of the molecule is C1=C(/C=C/c2ccccc2)CCO1. The maximum atomic E-state index is 5.13. The Kier molecular flexibility index (Phi) is 2.46. The molecule has 0 amide bonds. The van der Waals surface area contributed by atoms with Crippen molar-refractivity contribution in [3.63, 3.8) is 0 Å². The molecule has 1 heterocycles. The van der Waals surface area contributed by atoms with Crippen LogP contribution >= 0.6 is 0 Å². The molecular formula is C12H12O. The maximum Gasteiger partial charge on any atom is 0.0914 e. The van der Waals surface area contributed by atoms with Gasteiger partial charge in [0.05, 0.1) is 12.9 Å². The first-order valence-corrected chi connectivity index (χ1v) is 4.49. The minimum Gasteiger partial charge on any atom is -0.501 e. The Morgan fingerprint density at radius 2 is 1.92 bits per heavy atom. The summed E-state index contributed by atoms with van der Waals surface area (Å²) in [6.07, 6.45) is 7.09. The molecular weight excluding hydrogens is 160 g/mol. The van der Waals surface area contributed by atoms with E-state index in [2.05, 4.69) is 24.3 Å². The highest BCUT2D eigenvalue weighted by Crippen LogP contribution is 2.13. The molecule has 0 saturated heterocycles. The van der Waals surface area contributed by atoms with Crippen molar-refractivity contribution in [1.29, 1.82) is 0 Å². The Morgan fingerprint density at radius 3 is 2.62 bits per heavy atom. The van der Waals surface area contributed by atoms with Crippen LogP contribution in [0.4, 0.5) is 0 Å². The minimum atomic E-state index is 0.828. The van der Waals surface area contributed by atoms with Crippen molar-refractivity contribution in [1.82, 2.24) is 0 Å². The van der Waals surface area contributed by atoms with Crippen LogP contribution in [0, 0.1) is 0 Å². The van der Waals surface area contributed by atoms with E-state index >= 15 is 0 Å². The van der Waals surface area contributed by atoms with E-state index in [0.717, 1.165) is 13.0 Å². The molecule has 1 nitrogen and oxygen atoms in total. The average Bonchev–Trinajstić information content (AvgIpc) is 2.69. The third-order valence-electron chi connectivity index (χ3n) is 2.03. The third kappa shape index (κ3) is 2.22. The first-order chi connectivity index (χ1) is 6.45. The van der Waals surface area contributed by atoms with Crippen molar-refractivity contribution in [3.05, 3.63) is 53.8 Å². The average molecular weight is 172 g/mol. The molecule has 0 N–H and O–H groups in total. The summed E-state index contributed by atoms with van der Waals surface area (Å²) in [5.41, 5.74) is 2.50. The monoisotopic (exact) mass is 172 g/mol. The van der Waals surface area contributed by atoms with E-state index in [4.69, 9.17) is 4.74 Å². The summed E-state index contributed by atoms with van der Waals surface area (Å²) in [4.78, 5) is 0. The lowest BCUT2D eigenvalue weighted by molar-refractivity contribution is 0.281. The van der Waals surface area contributed by atoms with Gasteiger partial charge in [-0.15, -0.1) is 0 Å². The number of hydrogen-bond acceptors (Lipinski definition) is 1. The van der Waals surface area contributed by atoms with Gasteiger partial charge in [-0.3, -0.25) is 0 Å². The van der Waals surface area contributed by atoms with E-state index in [9.17, 15) is 0 Å². The van der Waals surface area contributed by atoms with E-state index < -0.39 is 0 Å². The van der Waals surface area contributed by atoms with Crippen LogP contribution in [0.3, 0.4) is 0 Å². The van der Waals surface area contributed by atoms with Crippen molar-refractivity contribution in [2.75, 3.05) is 6.61 Å². The highest BCUT2D eigenvalue weighted by atomic mass is 16.5. The first kappa shape index (κ1) is 8.11. The molecule has 13 heavy (non-hydrogen) atoms. The predicted molar refractivity (Wildman–Crippen MR) is 54.1 cm³/mol. The standard InChI is InChI=1S/C12H12O/c1-2-4-11(5-3-1)6-7-12-8-9-13-10-12/h1-7,10H,8-9H2/b7-6+. The smallest absolute Gasteiger partial charge is 0.0914 e. The Hall–Kier alpha value is -1.50. The van der Waals surface area contributed by atoms with Crippen molar-refractivity contribution in [3.8, 4) is 0 Å². The van der Waals surface area contributed by atoms with Gasteiger partial charge in [0.15, 0.2) is 0 Å². The lowest BCUT2D eigenvalue weighted by Gasteiger charge is -1.91. The van der Waals surface area contributed by atoms with Crippen LogP contribution in [-0.2, 0) is 4.74 Å². The molecule has 0 aliphatic carbocycles. The zero-order valence-corrected chi connectivity index (χ0v) is 7.44. The molecule has 0 spiro atoms. The summed E-state index contributed by atoms with van der Waals surface area (Å²) in [6.45, 7) is 0.828. The van der Waals surface area contributed by atoms with E-state index in [0.29, 0.717) is 0 Å². The van der Waals surface area contributed by atoms with Gasteiger partial charge in [0, 0.05) is 6.42 Å². The van der Waals surface area contributed by atoms with Gasteiger partial charge in [-0.05, 0) is 11.1 Å². The third-order valence-corrected chi connectivity index (χ3v) is 2.03. The topological polar surface area (TPSA) is 9.23 Å². The Morgan fingerprint density at radius 1 is 1.08 bits per heavy atom. The molecule has 0 aromatic heterocycles. The first-order valence-electron chi connectivity index (χ1n) is 4.49. The zero-order chi connectivity index (χ0) is 8.93. The van der Waals surface area contributed by atoms with Gasteiger partial charge >= 0.3 is 0 Å². The maximum absolute atomic E-state index is 5.13. The molecule has 1 heteroatoms. The van der Waals surface area contributed by atoms with Crippen molar-refractivity contribution in [2.45, 2.75) is 6.42 Å². The lowest BCUT2D eigenvalue weighted by Crippen LogP contribution is -1.75. The van der Waals surface area contributed by atoms with Gasteiger partial charge in [0.25, 0.3) is 0 Å². The van der Waals surface area contributed by atoms with Crippen LogP contribution in [0.15, 0.2) is 48.2 Å². The molecule has 1 aliphatic rings. The number of allylic oxidation sites excluding steroid dienone is 1. The molecule has 0 fully saturated rings. The summed E-state index contributed by atoms with van der Waals surface area (Å²) in [6, 6.07) is 10.3. The fourth-order valence-corrected chi connectivity index (χ4v) is 1.29. The summed E-state index contributed by atoms with van der Waals surface area (Å²) in [5, 5.41) is 0. The highest BCUT2D eigenvalue weighted by molar-refractivity contribution is 5.52. The zero-order valence-electron chi connectivity index (χ0n) is 7.44. The number of hydrogen-bond donors (Lipinski definition) is 0. The van der Waals surface area contributed by atoms with Crippen LogP contribution in [-0.4, -0.2) is 6.61 Å². The van der Waals surface area contributed by atoms with Crippen molar-refractivity contribution >= 4 is 6.08 Å². The highest BCUT2D eigenvalue weighted by Gasteiger charge is 2.00. The molecule has 1 aliphatic heterocycles. The second kappa shape index (κ2) is 3.94. The molecule has 0 saturated carbocycles.